The lowest BCUT2D eigenvalue weighted by atomic mass is 10.2. The summed E-state index contributed by atoms with van der Waals surface area (Å²) < 4.78 is 45.1. The van der Waals surface area contributed by atoms with Crippen molar-refractivity contribution in [2.24, 2.45) is 0 Å². The molecule has 0 fully saturated rings. The van der Waals surface area contributed by atoms with Crippen molar-refractivity contribution in [2.45, 2.75) is 13.5 Å². The van der Waals surface area contributed by atoms with E-state index in [0.717, 1.165) is 12.3 Å². The molecule has 0 amide bonds. The van der Waals surface area contributed by atoms with Gasteiger partial charge in [0.05, 0.1) is 6.20 Å². The van der Waals surface area contributed by atoms with Gasteiger partial charge in [0.15, 0.2) is 11.6 Å². The molecule has 1 N–H and O–H groups in total. The van der Waals surface area contributed by atoms with Crippen molar-refractivity contribution < 1.29 is 17.9 Å². The maximum atomic E-state index is 13.5. The van der Waals surface area contributed by atoms with E-state index in [1.54, 1.807) is 0 Å². The lowest BCUT2D eigenvalue weighted by Crippen LogP contribution is -2.13. The Bertz CT molecular complexity index is 605. The molecule has 0 aliphatic rings. The SMILES string of the molecule is CCNCc1cc(F)cnc1Oc1cccc(F)c1F. The largest absolute Gasteiger partial charge is 0.435 e. The van der Waals surface area contributed by atoms with Crippen molar-refractivity contribution in [1.29, 1.82) is 0 Å². The number of benzene rings is 1. The van der Waals surface area contributed by atoms with E-state index in [1.807, 2.05) is 6.92 Å². The number of aromatic nitrogens is 1. The van der Waals surface area contributed by atoms with Gasteiger partial charge in [-0.2, -0.15) is 4.39 Å². The Morgan fingerprint density at radius 3 is 2.80 bits per heavy atom. The van der Waals surface area contributed by atoms with Gasteiger partial charge in [-0.3, -0.25) is 0 Å². The highest BCUT2D eigenvalue weighted by molar-refractivity contribution is 5.33. The number of hydrogen-bond acceptors (Lipinski definition) is 3. The number of ether oxygens (including phenoxy) is 1. The summed E-state index contributed by atoms with van der Waals surface area (Å²) in [5, 5.41) is 2.99. The summed E-state index contributed by atoms with van der Waals surface area (Å²) in [7, 11) is 0. The Morgan fingerprint density at radius 1 is 1.25 bits per heavy atom. The first-order valence-electron chi connectivity index (χ1n) is 6.08. The molecule has 106 valence electrons. The lowest BCUT2D eigenvalue weighted by Gasteiger charge is -2.11. The van der Waals surface area contributed by atoms with Crippen LogP contribution in [-0.4, -0.2) is 11.5 Å². The fourth-order valence-corrected chi connectivity index (χ4v) is 1.61. The second-order valence-electron chi connectivity index (χ2n) is 4.05. The minimum atomic E-state index is -1.10. The predicted octanol–water partition coefficient (Wildman–Crippen LogP) is 3.40. The van der Waals surface area contributed by atoms with Crippen LogP contribution in [0.3, 0.4) is 0 Å². The topological polar surface area (TPSA) is 34.2 Å². The van der Waals surface area contributed by atoms with Gasteiger partial charge in [0, 0.05) is 12.1 Å². The van der Waals surface area contributed by atoms with E-state index >= 15 is 0 Å². The summed E-state index contributed by atoms with van der Waals surface area (Å²) in [6.07, 6.45) is 0.960. The van der Waals surface area contributed by atoms with E-state index in [-0.39, 0.29) is 11.6 Å². The molecule has 0 spiro atoms. The van der Waals surface area contributed by atoms with Crippen LogP contribution in [0.4, 0.5) is 13.2 Å². The number of nitrogens with one attached hydrogen (secondary N) is 1. The number of nitrogens with zero attached hydrogens (tertiary/aromatic N) is 1. The van der Waals surface area contributed by atoms with Crippen LogP contribution in [0.2, 0.25) is 0 Å². The number of halogens is 3. The third kappa shape index (κ3) is 3.27. The quantitative estimate of drug-likeness (QED) is 0.912. The fraction of sp³-hybridized carbons (Fsp3) is 0.214. The highest BCUT2D eigenvalue weighted by Gasteiger charge is 2.13. The summed E-state index contributed by atoms with van der Waals surface area (Å²) in [5.41, 5.74) is 0.426. The molecule has 0 saturated heterocycles. The summed E-state index contributed by atoms with van der Waals surface area (Å²) in [5.74, 6) is -2.89. The van der Waals surface area contributed by atoms with Crippen LogP contribution in [-0.2, 0) is 6.54 Å². The van der Waals surface area contributed by atoms with Gasteiger partial charge in [0.25, 0.3) is 0 Å². The lowest BCUT2D eigenvalue weighted by molar-refractivity contribution is 0.399. The molecule has 0 aliphatic carbocycles. The molecule has 20 heavy (non-hydrogen) atoms. The first kappa shape index (κ1) is 14.3. The molecule has 0 unspecified atom stereocenters. The van der Waals surface area contributed by atoms with Crippen molar-refractivity contribution in [3.05, 3.63) is 53.5 Å². The van der Waals surface area contributed by atoms with Gasteiger partial charge in [0.2, 0.25) is 11.7 Å². The molecule has 2 aromatic rings. The Balaban J connectivity index is 2.30. The molecular formula is C14H13F3N2O. The Hall–Kier alpha value is -2.08. The van der Waals surface area contributed by atoms with Gasteiger partial charge in [0.1, 0.15) is 5.82 Å². The molecule has 1 aromatic heterocycles. The molecule has 2 rings (SSSR count). The van der Waals surface area contributed by atoms with Crippen LogP contribution >= 0.6 is 0 Å². The van der Waals surface area contributed by atoms with Crippen LogP contribution in [0.15, 0.2) is 30.5 Å². The molecule has 0 aliphatic heterocycles. The highest BCUT2D eigenvalue weighted by atomic mass is 19.2. The summed E-state index contributed by atoms with van der Waals surface area (Å²) in [6, 6.07) is 4.82. The van der Waals surface area contributed by atoms with Crippen LogP contribution in [0.5, 0.6) is 11.6 Å². The van der Waals surface area contributed by atoms with E-state index in [2.05, 4.69) is 10.3 Å². The van der Waals surface area contributed by atoms with Gasteiger partial charge in [-0.15, -0.1) is 0 Å². The van der Waals surface area contributed by atoms with E-state index < -0.39 is 17.5 Å². The summed E-state index contributed by atoms with van der Waals surface area (Å²) >= 11 is 0. The third-order valence-corrected chi connectivity index (χ3v) is 2.58. The Kier molecular flexibility index (Phi) is 4.57. The number of pyridine rings is 1. The fourth-order valence-electron chi connectivity index (χ4n) is 1.61. The molecule has 0 atom stereocenters. The predicted molar refractivity (Wildman–Crippen MR) is 68.0 cm³/mol. The zero-order valence-corrected chi connectivity index (χ0v) is 10.8. The summed E-state index contributed by atoms with van der Waals surface area (Å²) in [4.78, 5) is 3.77. The number of rotatable bonds is 5. The highest BCUT2D eigenvalue weighted by Crippen LogP contribution is 2.27. The zero-order chi connectivity index (χ0) is 14.5. The van der Waals surface area contributed by atoms with Crippen LogP contribution in [0.25, 0.3) is 0 Å². The summed E-state index contributed by atoms with van der Waals surface area (Å²) in [6.45, 7) is 2.87. The molecule has 1 heterocycles. The molecular weight excluding hydrogens is 269 g/mol. The van der Waals surface area contributed by atoms with Gasteiger partial charge < -0.3 is 10.1 Å². The monoisotopic (exact) mass is 282 g/mol. The molecule has 6 heteroatoms. The average Bonchev–Trinajstić information content (AvgIpc) is 2.44. The van der Waals surface area contributed by atoms with Gasteiger partial charge in [-0.1, -0.05) is 13.0 Å². The van der Waals surface area contributed by atoms with E-state index in [1.165, 1.54) is 18.2 Å². The maximum absolute atomic E-state index is 13.5. The molecule has 3 nitrogen and oxygen atoms in total. The molecule has 0 saturated carbocycles. The van der Waals surface area contributed by atoms with Crippen LogP contribution < -0.4 is 10.1 Å². The standard InChI is InChI=1S/C14H13F3N2O/c1-2-18-7-9-6-10(15)8-19-14(9)20-12-5-3-4-11(16)13(12)17/h3-6,8,18H,2,7H2,1H3. The van der Waals surface area contributed by atoms with Crippen molar-refractivity contribution in [2.75, 3.05) is 6.54 Å². The smallest absolute Gasteiger partial charge is 0.224 e. The van der Waals surface area contributed by atoms with Gasteiger partial charge in [-0.25, -0.2) is 13.8 Å². The molecule has 0 radical (unpaired) electrons. The normalized spacial score (nSPS) is 10.6. The van der Waals surface area contributed by atoms with Crippen LogP contribution in [0, 0.1) is 17.5 Å². The van der Waals surface area contributed by atoms with Crippen molar-refractivity contribution in [3.63, 3.8) is 0 Å². The van der Waals surface area contributed by atoms with E-state index in [4.69, 9.17) is 4.74 Å². The minimum absolute atomic E-state index is 0.0388. The Morgan fingerprint density at radius 2 is 2.05 bits per heavy atom. The second kappa shape index (κ2) is 6.38. The first-order valence-corrected chi connectivity index (χ1v) is 6.08. The van der Waals surface area contributed by atoms with E-state index in [0.29, 0.717) is 18.7 Å². The van der Waals surface area contributed by atoms with Gasteiger partial charge >= 0.3 is 0 Å². The Labute approximate surface area is 114 Å². The molecule has 1 aromatic carbocycles. The van der Waals surface area contributed by atoms with Gasteiger partial charge in [-0.05, 0) is 24.7 Å². The van der Waals surface area contributed by atoms with E-state index in [9.17, 15) is 13.2 Å². The number of hydrogen-bond donors (Lipinski definition) is 1. The zero-order valence-electron chi connectivity index (χ0n) is 10.8. The minimum Gasteiger partial charge on any atom is -0.435 e. The molecule has 0 bridgehead atoms. The average molecular weight is 282 g/mol. The van der Waals surface area contributed by atoms with Crippen molar-refractivity contribution in [3.8, 4) is 11.6 Å². The first-order chi connectivity index (χ1) is 9.61. The second-order valence-corrected chi connectivity index (χ2v) is 4.05. The van der Waals surface area contributed by atoms with Crippen LogP contribution in [0.1, 0.15) is 12.5 Å². The maximum Gasteiger partial charge on any atom is 0.224 e. The third-order valence-electron chi connectivity index (χ3n) is 2.58. The van der Waals surface area contributed by atoms with Crippen molar-refractivity contribution in [1.82, 2.24) is 10.3 Å². The van der Waals surface area contributed by atoms with Crippen molar-refractivity contribution >= 4 is 0 Å².